The fourth-order valence-electron chi connectivity index (χ4n) is 3.05. The fourth-order valence-corrected chi connectivity index (χ4v) is 3.05. The van der Waals surface area contributed by atoms with E-state index in [2.05, 4.69) is 38.2 Å². The van der Waals surface area contributed by atoms with Crippen molar-refractivity contribution >= 4 is 5.78 Å². The van der Waals surface area contributed by atoms with E-state index in [4.69, 9.17) is 0 Å². The minimum atomic E-state index is -0.309. The molecule has 1 aliphatic rings. The lowest BCUT2D eigenvalue weighted by Crippen LogP contribution is -2.47. The quantitative estimate of drug-likeness (QED) is 0.819. The van der Waals surface area contributed by atoms with Crippen LogP contribution in [-0.2, 0) is 6.42 Å². The summed E-state index contributed by atoms with van der Waals surface area (Å²) in [6.45, 7) is 7.49. The lowest BCUT2D eigenvalue weighted by molar-refractivity contribution is 0.0863. The lowest BCUT2D eigenvalue weighted by Gasteiger charge is -2.26. The van der Waals surface area contributed by atoms with Gasteiger partial charge in [-0.3, -0.25) is 4.79 Å². The molecule has 2 nitrogen and oxygen atoms in total. The molecule has 1 unspecified atom stereocenters. The Bertz CT molecular complexity index is 444. The third-order valence-corrected chi connectivity index (χ3v) is 4.12. The van der Waals surface area contributed by atoms with Gasteiger partial charge in [0.15, 0.2) is 5.78 Å². The number of carbonyl (C=O) groups excluding carboxylic acids is 1. The molecule has 1 aliphatic heterocycles. The van der Waals surface area contributed by atoms with Gasteiger partial charge in [0.05, 0.1) is 5.54 Å². The zero-order valence-corrected chi connectivity index (χ0v) is 12.3. The standard InChI is InChI=1S/C17H25NO/c1-4-17(9-6-10-18-17)16(19)15-8-5-7-14(12-15)11-13(2)3/h5,7-8,12-13,18H,4,6,9-11H2,1-3H3. The number of rotatable bonds is 5. The summed E-state index contributed by atoms with van der Waals surface area (Å²) in [6, 6.07) is 8.18. The van der Waals surface area contributed by atoms with E-state index in [9.17, 15) is 4.79 Å². The van der Waals surface area contributed by atoms with E-state index in [1.54, 1.807) is 0 Å². The van der Waals surface area contributed by atoms with Crippen molar-refractivity contribution in [3.05, 3.63) is 35.4 Å². The molecule has 0 aromatic heterocycles. The van der Waals surface area contributed by atoms with Crippen LogP contribution in [0.2, 0.25) is 0 Å². The Morgan fingerprint density at radius 2 is 2.21 bits per heavy atom. The van der Waals surface area contributed by atoms with Crippen LogP contribution in [0, 0.1) is 5.92 Å². The Kier molecular flexibility index (Phi) is 4.41. The average molecular weight is 259 g/mol. The molecule has 1 aromatic carbocycles. The van der Waals surface area contributed by atoms with Crippen molar-refractivity contribution in [2.75, 3.05) is 6.54 Å². The molecular weight excluding hydrogens is 234 g/mol. The average Bonchev–Trinajstić information content (AvgIpc) is 2.87. The minimum absolute atomic E-state index is 0.276. The first kappa shape index (κ1) is 14.3. The lowest BCUT2D eigenvalue weighted by atomic mass is 9.84. The van der Waals surface area contributed by atoms with Crippen molar-refractivity contribution in [2.24, 2.45) is 5.92 Å². The van der Waals surface area contributed by atoms with Crippen molar-refractivity contribution < 1.29 is 4.79 Å². The minimum Gasteiger partial charge on any atom is -0.305 e. The summed E-state index contributed by atoms with van der Waals surface area (Å²) in [6.07, 6.45) is 3.98. The summed E-state index contributed by atoms with van der Waals surface area (Å²) < 4.78 is 0. The first-order valence-corrected chi connectivity index (χ1v) is 7.46. The van der Waals surface area contributed by atoms with E-state index in [-0.39, 0.29) is 11.3 Å². The zero-order chi connectivity index (χ0) is 13.9. The molecule has 1 atom stereocenters. The van der Waals surface area contributed by atoms with Crippen LogP contribution in [0.3, 0.4) is 0 Å². The molecule has 19 heavy (non-hydrogen) atoms. The molecule has 0 saturated carbocycles. The van der Waals surface area contributed by atoms with Crippen LogP contribution in [0.5, 0.6) is 0 Å². The highest BCUT2D eigenvalue weighted by molar-refractivity contribution is 6.03. The molecule has 1 saturated heterocycles. The number of hydrogen-bond acceptors (Lipinski definition) is 2. The van der Waals surface area contributed by atoms with Gasteiger partial charge in [0.1, 0.15) is 0 Å². The fraction of sp³-hybridized carbons (Fsp3) is 0.588. The largest absolute Gasteiger partial charge is 0.305 e. The summed E-state index contributed by atoms with van der Waals surface area (Å²) in [4.78, 5) is 12.8. The SMILES string of the molecule is CCC1(C(=O)c2cccc(CC(C)C)c2)CCCN1. The van der Waals surface area contributed by atoms with Crippen LogP contribution in [0.4, 0.5) is 0 Å². The predicted molar refractivity (Wildman–Crippen MR) is 79.6 cm³/mol. The Labute approximate surface area is 116 Å². The number of carbonyl (C=O) groups is 1. The third kappa shape index (κ3) is 3.06. The number of benzene rings is 1. The van der Waals surface area contributed by atoms with E-state index in [1.165, 1.54) is 5.56 Å². The highest BCUT2D eigenvalue weighted by atomic mass is 16.1. The first-order chi connectivity index (χ1) is 9.07. The summed E-state index contributed by atoms with van der Waals surface area (Å²) in [5.74, 6) is 0.896. The molecule has 0 aliphatic carbocycles. The van der Waals surface area contributed by atoms with Gasteiger partial charge in [0.2, 0.25) is 0 Å². The smallest absolute Gasteiger partial charge is 0.182 e. The summed E-state index contributed by atoms with van der Waals surface area (Å²) in [7, 11) is 0. The van der Waals surface area contributed by atoms with Gasteiger partial charge in [-0.2, -0.15) is 0 Å². The Morgan fingerprint density at radius 3 is 2.79 bits per heavy atom. The molecular formula is C17H25NO. The van der Waals surface area contributed by atoms with Gasteiger partial charge >= 0.3 is 0 Å². The maximum atomic E-state index is 12.8. The van der Waals surface area contributed by atoms with Crippen LogP contribution in [0.25, 0.3) is 0 Å². The maximum absolute atomic E-state index is 12.8. The second-order valence-electron chi connectivity index (χ2n) is 6.09. The molecule has 2 rings (SSSR count). The number of ketones is 1. The van der Waals surface area contributed by atoms with Crippen molar-refractivity contribution in [3.63, 3.8) is 0 Å². The van der Waals surface area contributed by atoms with E-state index in [1.807, 2.05) is 12.1 Å². The van der Waals surface area contributed by atoms with Gasteiger partial charge in [-0.1, -0.05) is 39.0 Å². The highest BCUT2D eigenvalue weighted by Gasteiger charge is 2.39. The zero-order valence-electron chi connectivity index (χ0n) is 12.3. The van der Waals surface area contributed by atoms with Crippen molar-refractivity contribution in [1.82, 2.24) is 5.32 Å². The molecule has 104 valence electrons. The van der Waals surface area contributed by atoms with Gasteiger partial charge in [-0.25, -0.2) is 0 Å². The second-order valence-corrected chi connectivity index (χ2v) is 6.09. The topological polar surface area (TPSA) is 29.1 Å². The summed E-state index contributed by atoms with van der Waals surface area (Å²) in [5.41, 5.74) is 1.83. The van der Waals surface area contributed by atoms with Gasteiger partial charge in [-0.15, -0.1) is 0 Å². The second kappa shape index (κ2) is 5.87. The monoisotopic (exact) mass is 259 g/mol. The molecule has 0 bridgehead atoms. The highest BCUT2D eigenvalue weighted by Crippen LogP contribution is 2.27. The van der Waals surface area contributed by atoms with E-state index in [0.29, 0.717) is 5.92 Å². The van der Waals surface area contributed by atoms with Gasteiger partial charge < -0.3 is 5.32 Å². The number of nitrogens with one attached hydrogen (secondary N) is 1. The predicted octanol–water partition coefficient (Wildman–Crippen LogP) is 3.60. The summed E-state index contributed by atoms with van der Waals surface area (Å²) >= 11 is 0. The first-order valence-electron chi connectivity index (χ1n) is 7.46. The van der Waals surface area contributed by atoms with Crippen LogP contribution in [0.1, 0.15) is 56.0 Å². The van der Waals surface area contributed by atoms with Crippen molar-refractivity contribution in [2.45, 2.75) is 52.0 Å². The van der Waals surface area contributed by atoms with Crippen molar-refractivity contribution in [1.29, 1.82) is 0 Å². The molecule has 2 heteroatoms. The molecule has 0 radical (unpaired) electrons. The van der Waals surface area contributed by atoms with E-state index in [0.717, 1.165) is 37.8 Å². The number of Topliss-reactive ketones (excluding diaryl/α,β-unsaturated/α-hetero) is 1. The molecule has 1 aromatic rings. The van der Waals surface area contributed by atoms with E-state index >= 15 is 0 Å². The molecule has 1 heterocycles. The van der Waals surface area contributed by atoms with Crippen LogP contribution in [-0.4, -0.2) is 17.9 Å². The van der Waals surface area contributed by atoms with E-state index < -0.39 is 0 Å². The Morgan fingerprint density at radius 1 is 1.42 bits per heavy atom. The van der Waals surface area contributed by atoms with Gasteiger partial charge in [0.25, 0.3) is 0 Å². The Hall–Kier alpha value is -1.15. The van der Waals surface area contributed by atoms with Crippen LogP contribution in [0.15, 0.2) is 24.3 Å². The number of hydrogen-bond donors (Lipinski definition) is 1. The Balaban J connectivity index is 2.23. The molecule has 0 amide bonds. The maximum Gasteiger partial charge on any atom is 0.182 e. The normalized spacial score (nSPS) is 22.9. The van der Waals surface area contributed by atoms with Crippen molar-refractivity contribution in [3.8, 4) is 0 Å². The third-order valence-electron chi connectivity index (χ3n) is 4.12. The van der Waals surface area contributed by atoms with Crippen LogP contribution < -0.4 is 5.32 Å². The van der Waals surface area contributed by atoms with Gasteiger partial charge in [-0.05, 0) is 49.8 Å². The molecule has 1 N–H and O–H groups in total. The van der Waals surface area contributed by atoms with Gasteiger partial charge in [0, 0.05) is 5.56 Å². The molecule has 1 fully saturated rings. The summed E-state index contributed by atoms with van der Waals surface area (Å²) in [5, 5.41) is 3.43. The molecule has 0 spiro atoms. The van der Waals surface area contributed by atoms with Crippen LogP contribution >= 0.6 is 0 Å².